The van der Waals surface area contributed by atoms with Crippen LogP contribution >= 0.6 is 0 Å². The Kier molecular flexibility index (Phi) is 4.60. The Hall–Kier alpha value is -1.62. The van der Waals surface area contributed by atoms with Crippen LogP contribution in [-0.4, -0.2) is 30.7 Å². The molecule has 0 aliphatic heterocycles. The second kappa shape index (κ2) is 6.22. The van der Waals surface area contributed by atoms with Crippen LogP contribution in [0.4, 0.5) is 0 Å². The maximum Gasteiger partial charge on any atom is 0.313 e. The van der Waals surface area contributed by atoms with Crippen molar-refractivity contribution >= 4 is 11.9 Å². The molecule has 2 aliphatic rings. The molecule has 0 radical (unpaired) electrons. The van der Waals surface area contributed by atoms with E-state index in [2.05, 4.69) is 5.32 Å². The summed E-state index contributed by atoms with van der Waals surface area (Å²) in [6.07, 6.45) is 8.50. The molecule has 0 saturated heterocycles. The highest BCUT2D eigenvalue weighted by molar-refractivity contribution is 5.80. The maximum atomic E-state index is 11.6. The fourth-order valence-corrected chi connectivity index (χ4v) is 3.14. The molecule has 0 aromatic heterocycles. The smallest absolute Gasteiger partial charge is 0.313 e. The molecule has 110 valence electrons. The number of hydrogen-bond donors (Lipinski definition) is 2. The van der Waals surface area contributed by atoms with Gasteiger partial charge in [-0.15, -0.1) is 0 Å². The Morgan fingerprint density at radius 2 is 2.00 bits per heavy atom. The van der Waals surface area contributed by atoms with Gasteiger partial charge < -0.3 is 15.2 Å². The van der Waals surface area contributed by atoms with Crippen LogP contribution < -0.4 is 5.32 Å². The number of carboxylic acid groups (broad SMARTS) is 1. The molecule has 0 spiro atoms. The maximum absolute atomic E-state index is 11.6. The molecule has 1 saturated carbocycles. The van der Waals surface area contributed by atoms with E-state index in [1.165, 1.54) is 7.11 Å². The molecule has 1 amide bonds. The van der Waals surface area contributed by atoms with E-state index in [0.717, 1.165) is 37.0 Å². The quantitative estimate of drug-likeness (QED) is 0.807. The van der Waals surface area contributed by atoms with Crippen LogP contribution in [0.2, 0.25) is 0 Å². The van der Waals surface area contributed by atoms with Crippen LogP contribution in [0.25, 0.3) is 0 Å². The number of nitrogens with one attached hydrogen (secondary N) is 1. The average Bonchev–Trinajstić information content (AvgIpc) is 2.90. The zero-order valence-electron chi connectivity index (χ0n) is 11.8. The number of amides is 1. The van der Waals surface area contributed by atoms with Gasteiger partial charge in [-0.05, 0) is 31.8 Å². The van der Waals surface area contributed by atoms with Gasteiger partial charge in [0, 0.05) is 12.8 Å². The van der Waals surface area contributed by atoms with Crippen molar-refractivity contribution in [1.82, 2.24) is 5.32 Å². The van der Waals surface area contributed by atoms with Gasteiger partial charge in [0.05, 0.1) is 5.41 Å². The lowest BCUT2D eigenvalue weighted by atomic mass is 9.75. The summed E-state index contributed by atoms with van der Waals surface area (Å²) in [5.41, 5.74) is 1.15. The third-order valence-electron chi connectivity index (χ3n) is 4.21. The number of hydrogen-bond acceptors (Lipinski definition) is 3. The highest BCUT2D eigenvalue weighted by atomic mass is 16.5. The van der Waals surface area contributed by atoms with Crippen molar-refractivity contribution in [2.75, 3.05) is 13.7 Å². The molecule has 0 unspecified atom stereocenters. The van der Waals surface area contributed by atoms with Gasteiger partial charge in [-0.2, -0.15) is 0 Å². The highest BCUT2D eigenvalue weighted by Crippen LogP contribution is 2.47. The summed E-state index contributed by atoms with van der Waals surface area (Å²) in [7, 11) is 1.48. The number of allylic oxidation sites excluding steroid dienone is 3. The van der Waals surface area contributed by atoms with E-state index in [-0.39, 0.29) is 12.5 Å². The second-order valence-electron chi connectivity index (χ2n) is 5.46. The Morgan fingerprint density at radius 3 is 2.50 bits per heavy atom. The molecule has 1 fully saturated rings. The van der Waals surface area contributed by atoms with Crippen LogP contribution in [0.15, 0.2) is 23.4 Å². The second-order valence-corrected chi connectivity index (χ2v) is 5.46. The van der Waals surface area contributed by atoms with Gasteiger partial charge in [0.15, 0.2) is 0 Å². The molecule has 0 atom stereocenters. The topological polar surface area (TPSA) is 75.6 Å². The Morgan fingerprint density at radius 1 is 1.30 bits per heavy atom. The van der Waals surface area contributed by atoms with E-state index < -0.39 is 11.4 Å². The molecule has 5 nitrogen and oxygen atoms in total. The number of ether oxygens (including phenoxy) is 1. The Labute approximate surface area is 118 Å². The Bertz CT molecular complexity index is 458. The van der Waals surface area contributed by atoms with E-state index in [0.29, 0.717) is 12.8 Å². The number of methoxy groups -OCH3 is 1. The summed E-state index contributed by atoms with van der Waals surface area (Å²) >= 11 is 0. The van der Waals surface area contributed by atoms with E-state index in [9.17, 15) is 14.7 Å². The lowest BCUT2D eigenvalue weighted by Crippen LogP contribution is -2.32. The van der Waals surface area contributed by atoms with Crippen LogP contribution in [0, 0.1) is 5.41 Å². The van der Waals surface area contributed by atoms with E-state index in [1.807, 2.05) is 12.2 Å². The summed E-state index contributed by atoms with van der Waals surface area (Å²) < 4.78 is 4.76. The minimum Gasteiger partial charge on any atom is -0.481 e. The summed E-state index contributed by atoms with van der Waals surface area (Å²) in [5, 5.41) is 12.3. The number of rotatable bonds is 5. The number of carbonyl (C=O) groups is 2. The SMILES string of the molecule is COCC(=O)NC1=CC=C(C2(C(=O)O)CCCC2)CC1. The molecule has 5 heteroatoms. The van der Waals surface area contributed by atoms with Crippen LogP contribution in [0.5, 0.6) is 0 Å². The first kappa shape index (κ1) is 14.8. The summed E-state index contributed by atoms with van der Waals surface area (Å²) in [4.78, 5) is 23.0. The summed E-state index contributed by atoms with van der Waals surface area (Å²) in [6.45, 7) is 0.0347. The average molecular weight is 279 g/mol. The van der Waals surface area contributed by atoms with Gasteiger partial charge >= 0.3 is 5.97 Å². The van der Waals surface area contributed by atoms with E-state index in [1.54, 1.807) is 0 Å². The predicted octanol–water partition coefficient (Wildman–Crippen LogP) is 2.00. The third-order valence-corrected chi connectivity index (χ3v) is 4.21. The van der Waals surface area contributed by atoms with Crippen LogP contribution in [-0.2, 0) is 14.3 Å². The molecular weight excluding hydrogens is 258 g/mol. The van der Waals surface area contributed by atoms with Crippen molar-refractivity contribution in [3.8, 4) is 0 Å². The lowest BCUT2D eigenvalue weighted by molar-refractivity contribution is -0.146. The highest BCUT2D eigenvalue weighted by Gasteiger charge is 2.44. The first-order chi connectivity index (χ1) is 9.58. The molecule has 0 bridgehead atoms. The van der Waals surface area contributed by atoms with Gasteiger partial charge in [0.1, 0.15) is 6.61 Å². The number of carboxylic acids is 1. The van der Waals surface area contributed by atoms with Gasteiger partial charge in [0.25, 0.3) is 0 Å². The van der Waals surface area contributed by atoms with Crippen molar-refractivity contribution in [3.63, 3.8) is 0 Å². The van der Waals surface area contributed by atoms with Crippen molar-refractivity contribution in [1.29, 1.82) is 0 Å². The van der Waals surface area contributed by atoms with Crippen molar-refractivity contribution in [3.05, 3.63) is 23.4 Å². The van der Waals surface area contributed by atoms with Crippen molar-refractivity contribution in [2.45, 2.75) is 38.5 Å². The number of aliphatic carboxylic acids is 1. The minimum absolute atomic E-state index is 0.0347. The van der Waals surface area contributed by atoms with Gasteiger partial charge in [-0.25, -0.2) is 0 Å². The summed E-state index contributed by atoms with van der Waals surface area (Å²) in [6, 6.07) is 0. The zero-order valence-corrected chi connectivity index (χ0v) is 11.8. The Balaban J connectivity index is 2.09. The van der Waals surface area contributed by atoms with Crippen molar-refractivity contribution < 1.29 is 19.4 Å². The van der Waals surface area contributed by atoms with Gasteiger partial charge in [0.2, 0.25) is 5.91 Å². The molecule has 0 aromatic carbocycles. The largest absolute Gasteiger partial charge is 0.481 e. The van der Waals surface area contributed by atoms with Crippen LogP contribution in [0.3, 0.4) is 0 Å². The summed E-state index contributed by atoms with van der Waals surface area (Å²) in [5.74, 6) is -0.883. The zero-order chi connectivity index (χ0) is 14.6. The molecule has 0 heterocycles. The molecular formula is C15H21NO4. The molecule has 0 aromatic rings. The van der Waals surface area contributed by atoms with E-state index >= 15 is 0 Å². The first-order valence-corrected chi connectivity index (χ1v) is 7.01. The van der Waals surface area contributed by atoms with E-state index in [4.69, 9.17) is 4.74 Å². The molecule has 2 aliphatic carbocycles. The normalized spacial score (nSPS) is 21.1. The van der Waals surface area contributed by atoms with Gasteiger partial charge in [-0.1, -0.05) is 24.5 Å². The minimum atomic E-state index is -0.707. The van der Waals surface area contributed by atoms with Gasteiger partial charge in [-0.3, -0.25) is 9.59 Å². The first-order valence-electron chi connectivity index (χ1n) is 7.01. The third kappa shape index (κ3) is 2.93. The number of carbonyl (C=O) groups excluding carboxylic acids is 1. The fraction of sp³-hybridized carbons (Fsp3) is 0.600. The predicted molar refractivity (Wildman–Crippen MR) is 74.0 cm³/mol. The lowest BCUT2D eigenvalue weighted by Gasteiger charge is -2.29. The molecule has 20 heavy (non-hydrogen) atoms. The fourth-order valence-electron chi connectivity index (χ4n) is 3.14. The standard InChI is InChI=1S/C15H21NO4/c1-20-10-13(17)16-12-6-4-11(5-7-12)15(14(18)19)8-2-3-9-15/h4,6H,2-3,5,7-10H2,1H3,(H,16,17)(H,18,19). The monoisotopic (exact) mass is 279 g/mol. The molecule has 2 rings (SSSR count). The van der Waals surface area contributed by atoms with Crippen molar-refractivity contribution in [2.24, 2.45) is 5.41 Å². The molecule has 2 N–H and O–H groups in total. The van der Waals surface area contributed by atoms with Crippen LogP contribution in [0.1, 0.15) is 38.5 Å².